The third-order valence-electron chi connectivity index (χ3n) is 4.46. The summed E-state index contributed by atoms with van der Waals surface area (Å²) in [6.45, 7) is 0.347. The quantitative estimate of drug-likeness (QED) is 0.684. The predicted molar refractivity (Wildman–Crippen MR) is 98.5 cm³/mol. The fourth-order valence-corrected chi connectivity index (χ4v) is 3.02. The normalized spacial score (nSPS) is 17.7. The first-order valence-electron chi connectivity index (χ1n) is 8.83. The number of carbonyl (C=O) groups is 1. The van der Waals surface area contributed by atoms with Crippen LogP contribution in [0.25, 0.3) is 17.0 Å². The summed E-state index contributed by atoms with van der Waals surface area (Å²) in [5, 5.41) is 22.1. The molecule has 1 N–H and O–H groups in total. The molecule has 0 fully saturated rings. The van der Waals surface area contributed by atoms with Crippen molar-refractivity contribution in [3.63, 3.8) is 0 Å². The Bertz CT molecular complexity index is 1210. The zero-order chi connectivity index (χ0) is 20.7. The van der Waals surface area contributed by atoms with Crippen molar-refractivity contribution >= 4 is 17.3 Å². The van der Waals surface area contributed by atoms with Crippen molar-refractivity contribution in [1.29, 1.82) is 0 Å². The molecule has 1 aromatic carbocycles. The Balaban J connectivity index is 1.30. The first-order valence-corrected chi connectivity index (χ1v) is 8.83. The van der Waals surface area contributed by atoms with Crippen LogP contribution in [0.2, 0.25) is 0 Å². The van der Waals surface area contributed by atoms with Gasteiger partial charge in [0.15, 0.2) is 0 Å². The predicted octanol–water partition coefficient (Wildman–Crippen LogP) is 2.19. The van der Waals surface area contributed by atoms with Crippen molar-refractivity contribution < 1.29 is 18.0 Å². The van der Waals surface area contributed by atoms with Crippen LogP contribution in [0.4, 0.5) is 13.6 Å². The fourth-order valence-electron chi connectivity index (χ4n) is 3.02. The summed E-state index contributed by atoms with van der Waals surface area (Å²) in [6, 6.07) is 6.34. The SMILES string of the molecule is O=C1N=C2C=C(c3nnn(Cc4ccc(-c5nnc(C(F)F)o5)cc4)n3)C=CC2N1. The number of nitrogens with zero attached hydrogens (tertiary/aromatic N) is 7. The van der Waals surface area contributed by atoms with Gasteiger partial charge in [-0.1, -0.05) is 24.3 Å². The van der Waals surface area contributed by atoms with Gasteiger partial charge in [0.25, 0.3) is 5.89 Å². The zero-order valence-corrected chi connectivity index (χ0v) is 15.1. The molecule has 1 aliphatic heterocycles. The van der Waals surface area contributed by atoms with Crippen LogP contribution >= 0.6 is 0 Å². The van der Waals surface area contributed by atoms with Gasteiger partial charge in [-0.15, -0.1) is 20.4 Å². The van der Waals surface area contributed by atoms with Crippen molar-refractivity contribution in [2.24, 2.45) is 4.99 Å². The molecule has 0 radical (unpaired) electrons. The molecule has 3 aromatic rings. The molecule has 1 unspecified atom stereocenters. The van der Waals surface area contributed by atoms with E-state index in [-0.39, 0.29) is 18.0 Å². The van der Waals surface area contributed by atoms with E-state index in [4.69, 9.17) is 4.42 Å². The van der Waals surface area contributed by atoms with Crippen molar-refractivity contribution in [1.82, 2.24) is 35.7 Å². The van der Waals surface area contributed by atoms with Gasteiger partial charge in [-0.2, -0.15) is 18.6 Å². The van der Waals surface area contributed by atoms with Gasteiger partial charge in [0.2, 0.25) is 11.7 Å². The number of aliphatic imine (C=N–C) groups is 1. The molecule has 1 atom stereocenters. The van der Waals surface area contributed by atoms with Crippen LogP contribution in [0.15, 0.2) is 51.9 Å². The van der Waals surface area contributed by atoms with Crippen molar-refractivity contribution in [3.8, 4) is 11.5 Å². The average Bonchev–Trinajstić information content (AvgIpc) is 3.47. The van der Waals surface area contributed by atoms with Gasteiger partial charge in [0.05, 0.1) is 18.3 Å². The highest BCUT2D eigenvalue weighted by molar-refractivity contribution is 6.16. The lowest BCUT2D eigenvalue weighted by Crippen LogP contribution is -2.30. The van der Waals surface area contributed by atoms with E-state index in [2.05, 4.69) is 35.9 Å². The summed E-state index contributed by atoms with van der Waals surface area (Å²) in [7, 11) is 0. The number of allylic oxidation sites excluding steroid dienone is 2. The van der Waals surface area contributed by atoms with E-state index in [9.17, 15) is 13.6 Å². The number of benzene rings is 1. The molecule has 0 saturated carbocycles. The summed E-state index contributed by atoms with van der Waals surface area (Å²) in [6.07, 6.45) is 2.56. The lowest BCUT2D eigenvalue weighted by atomic mass is 10.0. The monoisotopic (exact) mass is 410 g/mol. The Morgan fingerprint density at radius 3 is 2.77 bits per heavy atom. The fraction of sp³-hybridized carbons (Fsp3) is 0.167. The molecule has 2 amide bonds. The Labute approximate surface area is 167 Å². The van der Waals surface area contributed by atoms with Gasteiger partial charge < -0.3 is 9.73 Å². The maximum atomic E-state index is 12.6. The molecule has 2 aliphatic rings. The number of hydrogen-bond acceptors (Lipinski definition) is 7. The second kappa shape index (κ2) is 7.06. The largest absolute Gasteiger partial charge is 0.415 e. The summed E-state index contributed by atoms with van der Waals surface area (Å²) < 4.78 is 30.1. The molecule has 2 aromatic heterocycles. The van der Waals surface area contributed by atoms with E-state index in [1.165, 1.54) is 4.80 Å². The van der Waals surface area contributed by atoms with Crippen molar-refractivity contribution in [2.75, 3.05) is 0 Å². The van der Waals surface area contributed by atoms with Gasteiger partial charge >= 0.3 is 12.5 Å². The molecule has 30 heavy (non-hydrogen) atoms. The summed E-state index contributed by atoms with van der Waals surface area (Å²) in [4.78, 5) is 16.7. The van der Waals surface area contributed by atoms with Gasteiger partial charge in [0, 0.05) is 11.1 Å². The summed E-state index contributed by atoms with van der Waals surface area (Å²) in [5.74, 6) is -0.279. The minimum atomic E-state index is -2.81. The number of tetrazole rings is 1. The Morgan fingerprint density at radius 1 is 1.17 bits per heavy atom. The van der Waals surface area contributed by atoms with Gasteiger partial charge in [0.1, 0.15) is 0 Å². The number of aromatic nitrogens is 6. The van der Waals surface area contributed by atoms with Crippen LogP contribution in [0.3, 0.4) is 0 Å². The molecule has 1 aliphatic carbocycles. The molecule has 12 heteroatoms. The second-order valence-corrected chi connectivity index (χ2v) is 6.51. The number of nitrogens with one attached hydrogen (secondary N) is 1. The lowest BCUT2D eigenvalue weighted by Gasteiger charge is -2.10. The molecule has 150 valence electrons. The highest BCUT2D eigenvalue weighted by Crippen LogP contribution is 2.24. The molecule has 0 bridgehead atoms. The highest BCUT2D eigenvalue weighted by Gasteiger charge is 2.25. The van der Waals surface area contributed by atoms with E-state index in [1.54, 1.807) is 30.3 Å². The highest BCUT2D eigenvalue weighted by atomic mass is 19.3. The lowest BCUT2D eigenvalue weighted by molar-refractivity contribution is 0.116. The number of rotatable bonds is 5. The number of fused-ring (bicyclic) bond motifs is 1. The van der Waals surface area contributed by atoms with Gasteiger partial charge in [-0.3, -0.25) is 0 Å². The number of alkyl halides is 2. The number of carbonyl (C=O) groups excluding carboxylic acids is 1. The molecule has 0 saturated heterocycles. The van der Waals surface area contributed by atoms with Gasteiger partial charge in [-0.05, 0) is 29.0 Å². The number of hydrogen-bond donors (Lipinski definition) is 1. The minimum absolute atomic E-state index is 0.0233. The maximum absolute atomic E-state index is 12.6. The average molecular weight is 410 g/mol. The van der Waals surface area contributed by atoms with E-state index in [0.717, 1.165) is 5.56 Å². The minimum Gasteiger partial charge on any atom is -0.415 e. The van der Waals surface area contributed by atoms with Crippen molar-refractivity contribution in [2.45, 2.75) is 19.0 Å². The van der Waals surface area contributed by atoms with Crippen LogP contribution < -0.4 is 5.32 Å². The summed E-state index contributed by atoms with van der Waals surface area (Å²) >= 11 is 0. The molecule has 10 nitrogen and oxygen atoms in total. The Hall–Kier alpha value is -4.09. The number of urea groups is 1. The second-order valence-electron chi connectivity index (χ2n) is 6.51. The van der Waals surface area contributed by atoms with E-state index in [1.807, 2.05) is 12.2 Å². The van der Waals surface area contributed by atoms with Crippen LogP contribution in [-0.2, 0) is 6.54 Å². The summed E-state index contributed by atoms with van der Waals surface area (Å²) in [5.41, 5.74) is 2.70. The topological polar surface area (TPSA) is 124 Å². The molecule has 0 spiro atoms. The maximum Gasteiger partial charge on any atom is 0.342 e. The first kappa shape index (κ1) is 18.0. The van der Waals surface area contributed by atoms with Gasteiger partial charge in [-0.25, -0.2) is 4.79 Å². The number of amides is 2. The van der Waals surface area contributed by atoms with Crippen LogP contribution in [0, 0.1) is 0 Å². The molecule has 5 rings (SSSR count). The van der Waals surface area contributed by atoms with Crippen molar-refractivity contribution in [3.05, 3.63) is 59.8 Å². The zero-order valence-electron chi connectivity index (χ0n) is 15.1. The molecular formula is C18H12F2N8O2. The first-order chi connectivity index (χ1) is 14.5. The molecule has 3 heterocycles. The number of halogens is 2. The van der Waals surface area contributed by atoms with Crippen LogP contribution in [0.5, 0.6) is 0 Å². The third kappa shape index (κ3) is 3.38. The van der Waals surface area contributed by atoms with E-state index < -0.39 is 12.3 Å². The van der Waals surface area contributed by atoms with E-state index >= 15 is 0 Å². The third-order valence-corrected chi connectivity index (χ3v) is 4.46. The Kier molecular flexibility index (Phi) is 4.23. The molecular weight excluding hydrogens is 398 g/mol. The smallest absolute Gasteiger partial charge is 0.342 e. The van der Waals surface area contributed by atoms with Crippen LogP contribution in [0.1, 0.15) is 23.7 Å². The Morgan fingerprint density at radius 2 is 2.00 bits per heavy atom. The van der Waals surface area contributed by atoms with E-state index in [0.29, 0.717) is 29.2 Å². The standard InChI is InChI=1S/C18H12F2N8O2/c19-14(20)17-25-24-16(30-17)10-3-1-9(2-4-10)8-28-26-15(23-27-28)11-5-6-12-13(7-11)22-18(29)21-12/h1-7,12,14H,8H2,(H,21,29). The van der Waals surface area contributed by atoms with Crippen LogP contribution in [-0.4, -0.2) is 48.2 Å².